The third kappa shape index (κ3) is 5.07. The quantitative estimate of drug-likeness (QED) is 0.278. The molecule has 6 rings (SSSR count). The van der Waals surface area contributed by atoms with Gasteiger partial charge in [0.25, 0.3) is 0 Å². The second-order valence-electron chi connectivity index (χ2n) is 10.3. The molecule has 192 valence electrons. The minimum absolute atomic E-state index is 0.124. The molecule has 0 bridgehead atoms. The fourth-order valence-corrected chi connectivity index (χ4v) is 5.93. The maximum atomic E-state index is 14.0. The summed E-state index contributed by atoms with van der Waals surface area (Å²) < 4.78 is 19.8. The van der Waals surface area contributed by atoms with Crippen molar-refractivity contribution >= 4 is 5.91 Å². The van der Waals surface area contributed by atoms with Gasteiger partial charge in [0.1, 0.15) is 18.2 Å². The van der Waals surface area contributed by atoms with Gasteiger partial charge in [-0.3, -0.25) is 9.69 Å². The van der Waals surface area contributed by atoms with E-state index in [9.17, 15) is 9.18 Å². The summed E-state index contributed by atoms with van der Waals surface area (Å²) in [7, 11) is 0. The molecule has 2 fully saturated rings. The van der Waals surface area contributed by atoms with Gasteiger partial charge in [-0.2, -0.15) is 0 Å². The lowest BCUT2D eigenvalue weighted by Crippen LogP contribution is -2.40. The zero-order valence-electron chi connectivity index (χ0n) is 21.2. The highest BCUT2D eigenvalue weighted by Gasteiger charge is 2.51. The van der Waals surface area contributed by atoms with E-state index in [0.29, 0.717) is 17.9 Å². The van der Waals surface area contributed by atoms with Crippen molar-refractivity contribution in [3.8, 4) is 5.75 Å². The number of nitrogens with zero attached hydrogens (tertiary/aromatic N) is 2. The number of carbonyl (C=O) groups excluding carboxylic acids is 1. The lowest BCUT2D eigenvalue weighted by Gasteiger charge is -2.30. The second kappa shape index (κ2) is 10.8. The number of amides is 1. The van der Waals surface area contributed by atoms with E-state index >= 15 is 0 Å². The van der Waals surface area contributed by atoms with Crippen LogP contribution in [-0.2, 0) is 24.5 Å². The maximum Gasteiger partial charge on any atom is 0.240 e. The van der Waals surface area contributed by atoms with Crippen LogP contribution in [0.5, 0.6) is 5.75 Å². The number of hydrogen-bond donors (Lipinski definition) is 0. The van der Waals surface area contributed by atoms with Crippen LogP contribution in [-0.4, -0.2) is 28.3 Å². The molecule has 0 aromatic heterocycles. The number of likely N-dealkylation sites (tertiary alicyclic amines) is 2. The molecule has 0 radical (unpaired) electrons. The van der Waals surface area contributed by atoms with Crippen molar-refractivity contribution in [2.24, 2.45) is 5.92 Å². The van der Waals surface area contributed by atoms with E-state index in [-0.39, 0.29) is 36.3 Å². The minimum Gasteiger partial charge on any atom is -0.489 e. The molecule has 38 heavy (non-hydrogen) atoms. The van der Waals surface area contributed by atoms with Crippen molar-refractivity contribution in [3.63, 3.8) is 0 Å². The molecule has 4 aromatic rings. The van der Waals surface area contributed by atoms with Gasteiger partial charge in [0, 0.05) is 37.2 Å². The minimum atomic E-state index is -0.260. The Morgan fingerprint density at radius 3 is 2.08 bits per heavy atom. The Morgan fingerprint density at radius 2 is 1.39 bits per heavy atom. The highest BCUT2D eigenvalue weighted by molar-refractivity contribution is 5.85. The number of ether oxygens (including phenoxy) is 1. The van der Waals surface area contributed by atoms with Crippen molar-refractivity contribution in [1.82, 2.24) is 9.80 Å². The van der Waals surface area contributed by atoms with E-state index < -0.39 is 0 Å². The van der Waals surface area contributed by atoms with Gasteiger partial charge in [-0.1, -0.05) is 91.0 Å². The van der Waals surface area contributed by atoms with Crippen LogP contribution in [0.1, 0.15) is 34.7 Å². The smallest absolute Gasteiger partial charge is 0.240 e. The molecule has 2 heterocycles. The molecule has 3 atom stereocenters. The van der Waals surface area contributed by atoms with Crippen LogP contribution in [0.25, 0.3) is 0 Å². The molecule has 2 saturated heterocycles. The van der Waals surface area contributed by atoms with Crippen LogP contribution in [0, 0.1) is 11.7 Å². The lowest BCUT2D eigenvalue weighted by molar-refractivity contribution is -0.133. The summed E-state index contributed by atoms with van der Waals surface area (Å²) in [6.07, 6.45) is 0.934. The summed E-state index contributed by atoms with van der Waals surface area (Å²) >= 11 is 0. The number of hydrogen-bond acceptors (Lipinski definition) is 3. The fraction of sp³-hybridized carbons (Fsp3) is 0.242. The normalized spacial score (nSPS) is 21.0. The molecule has 4 aromatic carbocycles. The van der Waals surface area contributed by atoms with Gasteiger partial charge in [-0.25, -0.2) is 4.39 Å². The summed E-state index contributed by atoms with van der Waals surface area (Å²) in [5.41, 5.74) is 4.08. The van der Waals surface area contributed by atoms with Crippen LogP contribution < -0.4 is 4.74 Å². The average Bonchev–Trinajstić information content (AvgIpc) is 3.45. The average molecular weight is 507 g/mol. The maximum absolute atomic E-state index is 14.0. The second-order valence-corrected chi connectivity index (χ2v) is 10.3. The van der Waals surface area contributed by atoms with Gasteiger partial charge < -0.3 is 9.64 Å². The molecule has 0 unspecified atom stereocenters. The van der Waals surface area contributed by atoms with Crippen LogP contribution in [0.4, 0.5) is 4.39 Å². The van der Waals surface area contributed by atoms with Gasteiger partial charge in [0.05, 0.1) is 6.04 Å². The standard InChI is InChI=1S/C33H31FN2O2/c34-30-14-8-7-13-27(30)23-38-29-17-15-26(16-18-29)31-19-28-22-35(20-24-9-3-1-4-10-24)33(37)32(28)36(31)21-25-11-5-2-6-12-25/h1-18,28,31-32H,19-23H2/t28-,31-,32-/m1/s1. The van der Waals surface area contributed by atoms with Crippen molar-refractivity contribution < 1.29 is 13.9 Å². The highest BCUT2D eigenvalue weighted by Crippen LogP contribution is 2.45. The first-order valence-electron chi connectivity index (χ1n) is 13.2. The molecule has 5 heteroatoms. The van der Waals surface area contributed by atoms with Gasteiger partial charge >= 0.3 is 0 Å². The molecule has 0 spiro atoms. The molecular weight excluding hydrogens is 475 g/mol. The third-order valence-corrected chi connectivity index (χ3v) is 7.79. The van der Waals surface area contributed by atoms with Crippen LogP contribution in [0.3, 0.4) is 0 Å². The van der Waals surface area contributed by atoms with E-state index in [2.05, 4.69) is 53.4 Å². The van der Waals surface area contributed by atoms with Gasteiger partial charge in [0.15, 0.2) is 0 Å². The Morgan fingerprint density at radius 1 is 0.763 bits per heavy atom. The summed E-state index contributed by atoms with van der Waals surface area (Å²) in [6, 6.07) is 35.4. The summed E-state index contributed by atoms with van der Waals surface area (Å²) in [5, 5.41) is 0. The molecule has 0 saturated carbocycles. The van der Waals surface area contributed by atoms with E-state index in [1.54, 1.807) is 12.1 Å². The zero-order chi connectivity index (χ0) is 25.9. The molecule has 2 aliphatic rings. The summed E-state index contributed by atoms with van der Waals surface area (Å²) in [4.78, 5) is 18.1. The summed E-state index contributed by atoms with van der Waals surface area (Å²) in [5.74, 6) is 0.957. The Bertz CT molecular complexity index is 1380. The van der Waals surface area contributed by atoms with Gasteiger partial charge in [-0.15, -0.1) is 0 Å². The predicted molar refractivity (Wildman–Crippen MR) is 146 cm³/mol. The lowest BCUT2D eigenvalue weighted by atomic mass is 9.98. The molecule has 2 aliphatic heterocycles. The highest BCUT2D eigenvalue weighted by atomic mass is 19.1. The fourth-order valence-electron chi connectivity index (χ4n) is 5.93. The molecular formula is C33H31FN2O2. The first-order chi connectivity index (χ1) is 18.7. The number of rotatable bonds is 8. The monoisotopic (exact) mass is 506 g/mol. The van der Waals surface area contributed by atoms with Gasteiger partial charge in [0.2, 0.25) is 5.91 Å². The van der Waals surface area contributed by atoms with Crippen molar-refractivity contribution in [2.45, 2.75) is 38.2 Å². The topological polar surface area (TPSA) is 32.8 Å². The first kappa shape index (κ1) is 24.4. The number of carbonyl (C=O) groups is 1. The van der Waals surface area contributed by atoms with E-state index in [1.165, 1.54) is 17.2 Å². The van der Waals surface area contributed by atoms with Crippen LogP contribution >= 0.6 is 0 Å². The Balaban J connectivity index is 1.20. The molecule has 1 amide bonds. The molecule has 0 N–H and O–H groups in total. The van der Waals surface area contributed by atoms with E-state index in [0.717, 1.165) is 25.1 Å². The third-order valence-electron chi connectivity index (χ3n) is 7.79. The number of halogens is 1. The summed E-state index contributed by atoms with van der Waals surface area (Å²) in [6.45, 7) is 2.35. The SMILES string of the molecule is O=C1[C@H]2[C@H](C[C@H](c3ccc(OCc4ccccc4F)cc3)N2Cc2ccccc2)CN1Cc1ccccc1. The Kier molecular flexibility index (Phi) is 6.93. The van der Waals surface area contributed by atoms with E-state index in [1.807, 2.05) is 47.4 Å². The van der Waals surface area contributed by atoms with Crippen LogP contribution in [0.2, 0.25) is 0 Å². The largest absolute Gasteiger partial charge is 0.489 e. The Hall–Kier alpha value is -3.96. The van der Waals surface area contributed by atoms with E-state index in [4.69, 9.17) is 4.74 Å². The van der Waals surface area contributed by atoms with Crippen molar-refractivity contribution in [3.05, 3.63) is 137 Å². The first-order valence-corrected chi connectivity index (χ1v) is 13.2. The van der Waals surface area contributed by atoms with Gasteiger partial charge in [-0.05, 0) is 41.3 Å². The predicted octanol–water partition coefficient (Wildman–Crippen LogP) is 6.38. The van der Waals surface area contributed by atoms with Crippen molar-refractivity contribution in [2.75, 3.05) is 6.54 Å². The van der Waals surface area contributed by atoms with Crippen molar-refractivity contribution in [1.29, 1.82) is 0 Å². The molecule has 4 nitrogen and oxygen atoms in total. The number of benzene rings is 4. The zero-order valence-corrected chi connectivity index (χ0v) is 21.2. The Labute approximate surface area is 223 Å². The number of fused-ring (bicyclic) bond motifs is 1. The molecule has 0 aliphatic carbocycles. The van der Waals surface area contributed by atoms with Crippen LogP contribution in [0.15, 0.2) is 109 Å².